The molecule has 0 saturated carbocycles. The maximum atomic E-state index is 12.1. The zero-order valence-corrected chi connectivity index (χ0v) is 17.3. The van der Waals surface area contributed by atoms with E-state index in [-0.39, 0.29) is 27.0 Å². The fourth-order valence-corrected chi connectivity index (χ4v) is 3.38. The predicted molar refractivity (Wildman–Crippen MR) is 110 cm³/mol. The van der Waals surface area contributed by atoms with Gasteiger partial charge in [0, 0.05) is 6.42 Å². The number of benzene rings is 2. The lowest BCUT2D eigenvalue weighted by molar-refractivity contribution is -0.144. The van der Waals surface area contributed by atoms with Gasteiger partial charge in [0.1, 0.15) is 12.4 Å². The van der Waals surface area contributed by atoms with Crippen molar-refractivity contribution in [3.63, 3.8) is 0 Å². The van der Waals surface area contributed by atoms with Crippen molar-refractivity contribution in [2.24, 2.45) is 5.41 Å². The second-order valence-electron chi connectivity index (χ2n) is 7.44. The highest BCUT2D eigenvalue weighted by Gasteiger charge is 2.26. The molecule has 5 heteroatoms. The van der Waals surface area contributed by atoms with Gasteiger partial charge in [0.25, 0.3) is 0 Å². The van der Waals surface area contributed by atoms with E-state index in [0.29, 0.717) is 18.9 Å². The zero-order chi connectivity index (χ0) is 19.5. The first-order valence-electron chi connectivity index (χ1n) is 9.26. The molecule has 2 atom stereocenters. The number of hydrogen-bond donors (Lipinski definition) is 0. The number of para-hydroxylation sites is 1. The molecule has 0 saturated heterocycles. The minimum atomic E-state index is -0.184. The first-order chi connectivity index (χ1) is 13.0. The van der Waals surface area contributed by atoms with E-state index < -0.39 is 0 Å². The SMILES string of the molecule is CC(C)(C)C(CCC(=O)OCCOPOc1ccccc1)c1ccccc1. The first kappa shape index (κ1) is 21.4. The summed E-state index contributed by atoms with van der Waals surface area (Å²) < 4.78 is 16.1. The second-order valence-corrected chi connectivity index (χ2v) is 8.09. The Kier molecular flexibility index (Phi) is 8.77. The Labute approximate surface area is 164 Å². The maximum Gasteiger partial charge on any atom is 0.305 e. The summed E-state index contributed by atoms with van der Waals surface area (Å²) in [5.41, 5.74) is 1.35. The van der Waals surface area contributed by atoms with Crippen molar-refractivity contribution in [1.29, 1.82) is 0 Å². The van der Waals surface area contributed by atoms with Gasteiger partial charge >= 0.3 is 5.97 Å². The zero-order valence-electron chi connectivity index (χ0n) is 16.3. The Hall–Kier alpha value is -1.90. The molecule has 0 heterocycles. The summed E-state index contributed by atoms with van der Waals surface area (Å²) in [6.45, 7) is 7.19. The average molecular weight is 388 g/mol. The van der Waals surface area contributed by atoms with E-state index in [0.717, 1.165) is 12.2 Å². The van der Waals surface area contributed by atoms with Gasteiger partial charge in [0.05, 0.1) is 6.61 Å². The summed E-state index contributed by atoms with van der Waals surface area (Å²) in [5, 5.41) is 0. The molecule has 27 heavy (non-hydrogen) atoms. The average Bonchev–Trinajstić information content (AvgIpc) is 2.65. The Balaban J connectivity index is 1.64. The molecule has 2 aromatic carbocycles. The van der Waals surface area contributed by atoms with Crippen LogP contribution in [0.1, 0.15) is 45.1 Å². The Bertz CT molecular complexity index is 668. The van der Waals surface area contributed by atoms with Crippen molar-refractivity contribution in [3.05, 3.63) is 66.2 Å². The van der Waals surface area contributed by atoms with Crippen molar-refractivity contribution in [2.75, 3.05) is 13.2 Å². The molecule has 2 unspecified atom stereocenters. The molecule has 0 aliphatic rings. The van der Waals surface area contributed by atoms with Crippen LogP contribution in [-0.4, -0.2) is 19.2 Å². The summed E-state index contributed by atoms with van der Waals surface area (Å²) in [5.74, 6) is 0.890. The Morgan fingerprint density at radius 1 is 0.963 bits per heavy atom. The molecule has 0 aliphatic heterocycles. The van der Waals surface area contributed by atoms with Gasteiger partial charge in [-0.05, 0) is 35.4 Å². The standard InChI is InChI=1S/C22H29O4P/c1-22(2,3)20(18-10-6-4-7-11-18)14-15-21(23)24-16-17-25-27-26-19-12-8-5-9-13-19/h4-13,20,27H,14-17H2,1-3H3. The van der Waals surface area contributed by atoms with E-state index in [1.54, 1.807) is 0 Å². The van der Waals surface area contributed by atoms with Crippen LogP contribution in [-0.2, 0) is 14.1 Å². The van der Waals surface area contributed by atoms with Crippen molar-refractivity contribution < 1.29 is 18.6 Å². The Morgan fingerprint density at radius 3 is 2.22 bits per heavy atom. The molecule has 0 amide bonds. The molecule has 0 fully saturated rings. The highest BCUT2D eigenvalue weighted by molar-refractivity contribution is 7.26. The highest BCUT2D eigenvalue weighted by Crippen LogP contribution is 2.38. The lowest BCUT2D eigenvalue weighted by Gasteiger charge is -2.31. The maximum absolute atomic E-state index is 12.1. The molecule has 146 valence electrons. The lowest BCUT2D eigenvalue weighted by atomic mass is 9.74. The summed E-state index contributed by atoms with van der Waals surface area (Å²) in [6, 6.07) is 19.8. The van der Waals surface area contributed by atoms with Crippen LogP contribution < -0.4 is 4.52 Å². The van der Waals surface area contributed by atoms with Crippen LogP contribution in [0.4, 0.5) is 0 Å². The number of hydrogen-bond acceptors (Lipinski definition) is 4. The molecule has 0 N–H and O–H groups in total. The van der Waals surface area contributed by atoms with E-state index in [1.807, 2.05) is 48.5 Å². The predicted octanol–water partition coefficient (Wildman–Crippen LogP) is 5.74. The number of esters is 1. The van der Waals surface area contributed by atoms with Gasteiger partial charge in [-0.3, -0.25) is 4.79 Å². The van der Waals surface area contributed by atoms with E-state index >= 15 is 0 Å². The summed E-state index contributed by atoms with van der Waals surface area (Å²) >= 11 is 0. The van der Waals surface area contributed by atoms with Gasteiger partial charge < -0.3 is 13.8 Å². The topological polar surface area (TPSA) is 44.8 Å². The number of rotatable bonds is 10. The molecule has 2 aromatic rings. The van der Waals surface area contributed by atoms with Crippen LogP contribution in [0.25, 0.3) is 0 Å². The molecule has 0 spiro atoms. The van der Waals surface area contributed by atoms with Crippen LogP contribution in [0, 0.1) is 5.41 Å². The molecule has 4 nitrogen and oxygen atoms in total. The molecule has 0 aliphatic carbocycles. The van der Waals surface area contributed by atoms with Gasteiger partial charge in [-0.25, -0.2) is 0 Å². The van der Waals surface area contributed by atoms with Gasteiger partial charge in [0.15, 0.2) is 0 Å². The van der Waals surface area contributed by atoms with Crippen molar-refractivity contribution in [1.82, 2.24) is 0 Å². The Morgan fingerprint density at radius 2 is 1.59 bits per heavy atom. The number of carbonyl (C=O) groups is 1. The fourth-order valence-electron chi connectivity index (χ4n) is 2.92. The molecule has 0 bridgehead atoms. The third-order valence-corrected chi connectivity index (χ3v) is 4.94. The normalized spacial score (nSPS) is 12.9. The van der Waals surface area contributed by atoms with E-state index in [2.05, 4.69) is 32.9 Å². The summed E-state index contributed by atoms with van der Waals surface area (Å²) in [6.07, 6.45) is 1.17. The van der Waals surface area contributed by atoms with Crippen molar-refractivity contribution in [2.45, 2.75) is 39.5 Å². The van der Waals surface area contributed by atoms with Crippen molar-refractivity contribution >= 4 is 15.0 Å². The molecular weight excluding hydrogens is 359 g/mol. The van der Waals surface area contributed by atoms with E-state index in [4.69, 9.17) is 13.8 Å². The van der Waals surface area contributed by atoms with Gasteiger partial charge in [-0.2, -0.15) is 0 Å². The third kappa shape index (κ3) is 8.11. The van der Waals surface area contributed by atoms with Crippen LogP contribution >= 0.6 is 9.03 Å². The van der Waals surface area contributed by atoms with Crippen LogP contribution in [0.5, 0.6) is 5.75 Å². The largest absolute Gasteiger partial charge is 0.463 e. The number of carbonyl (C=O) groups excluding carboxylic acids is 1. The minimum Gasteiger partial charge on any atom is -0.463 e. The van der Waals surface area contributed by atoms with Gasteiger partial charge in [-0.15, -0.1) is 0 Å². The van der Waals surface area contributed by atoms with Crippen LogP contribution in [0.2, 0.25) is 0 Å². The van der Waals surface area contributed by atoms with Crippen LogP contribution in [0.3, 0.4) is 0 Å². The third-order valence-electron chi connectivity index (χ3n) is 4.29. The molecule has 2 rings (SSSR count). The molecular formula is C22H29O4P. The minimum absolute atomic E-state index is 0.0840. The fraction of sp³-hybridized carbons (Fsp3) is 0.409. The monoisotopic (exact) mass is 388 g/mol. The highest BCUT2D eigenvalue weighted by atomic mass is 31.1. The van der Waals surface area contributed by atoms with Gasteiger partial charge in [-0.1, -0.05) is 69.3 Å². The molecule has 0 radical (unpaired) electrons. The summed E-state index contributed by atoms with van der Waals surface area (Å²) in [4.78, 5) is 12.1. The lowest BCUT2D eigenvalue weighted by Crippen LogP contribution is -2.20. The molecule has 0 aromatic heterocycles. The van der Waals surface area contributed by atoms with Gasteiger partial charge in [0.2, 0.25) is 9.03 Å². The number of ether oxygens (including phenoxy) is 1. The first-order valence-corrected chi connectivity index (χ1v) is 10.1. The quantitative estimate of drug-likeness (QED) is 0.296. The van der Waals surface area contributed by atoms with Crippen LogP contribution in [0.15, 0.2) is 60.7 Å². The smallest absolute Gasteiger partial charge is 0.305 e. The second kappa shape index (κ2) is 11.1. The van der Waals surface area contributed by atoms with E-state index in [1.165, 1.54) is 5.56 Å². The van der Waals surface area contributed by atoms with E-state index in [9.17, 15) is 4.79 Å². The van der Waals surface area contributed by atoms with Crippen molar-refractivity contribution in [3.8, 4) is 5.75 Å². The summed E-state index contributed by atoms with van der Waals surface area (Å²) in [7, 11) is -0.108.